The van der Waals surface area contributed by atoms with Crippen molar-refractivity contribution in [3.05, 3.63) is 0 Å². The van der Waals surface area contributed by atoms with Crippen LogP contribution in [0.3, 0.4) is 0 Å². The molecule has 1 saturated carbocycles. The van der Waals surface area contributed by atoms with Gasteiger partial charge in [-0.1, -0.05) is 6.92 Å². The number of piperidine rings is 1. The number of nitrogens with one attached hydrogen (secondary N) is 1. The summed E-state index contributed by atoms with van der Waals surface area (Å²) in [4.78, 5) is 29.5. The van der Waals surface area contributed by atoms with Crippen LogP contribution in [0, 0.1) is 11.8 Å². The van der Waals surface area contributed by atoms with E-state index in [0.717, 1.165) is 71.0 Å². The van der Waals surface area contributed by atoms with Gasteiger partial charge in [0.05, 0.1) is 0 Å². The van der Waals surface area contributed by atoms with E-state index < -0.39 is 0 Å². The minimum Gasteiger partial charge on any atom is -0.356 e. The summed E-state index contributed by atoms with van der Waals surface area (Å²) in [5.41, 5.74) is 0. The predicted octanol–water partition coefficient (Wildman–Crippen LogP) is 2.65. The fourth-order valence-electron chi connectivity index (χ4n) is 4.30. The van der Waals surface area contributed by atoms with E-state index in [9.17, 15) is 9.59 Å². The van der Waals surface area contributed by atoms with Crippen LogP contribution in [0.4, 0.5) is 0 Å². The molecule has 1 N–H and O–H groups in total. The fourth-order valence-corrected chi connectivity index (χ4v) is 4.30. The van der Waals surface area contributed by atoms with Crippen LogP contribution in [0.5, 0.6) is 0 Å². The van der Waals surface area contributed by atoms with Crippen LogP contribution in [-0.4, -0.2) is 61.4 Å². The first-order valence-electron chi connectivity index (χ1n) is 10.3. The summed E-state index contributed by atoms with van der Waals surface area (Å²) in [7, 11) is 4.09. The number of nitrogens with zero attached hydrogens (tertiary/aromatic N) is 2. The van der Waals surface area contributed by atoms with Gasteiger partial charge in [0.25, 0.3) is 0 Å². The SMILES string of the molecule is CCC1CCCCN1C(=O)C1CCC(C(=O)NCCCN(C)C)CC1. The summed E-state index contributed by atoms with van der Waals surface area (Å²) < 4.78 is 0. The number of carbonyl (C=O) groups excluding carboxylic acids is 2. The highest BCUT2D eigenvalue weighted by molar-refractivity contribution is 5.81. The maximum absolute atomic E-state index is 12.9. The second-order valence-corrected chi connectivity index (χ2v) is 8.09. The van der Waals surface area contributed by atoms with E-state index in [1.165, 1.54) is 6.42 Å². The molecule has 0 aromatic carbocycles. The molecule has 0 aromatic rings. The van der Waals surface area contributed by atoms with Gasteiger partial charge in [-0.3, -0.25) is 9.59 Å². The van der Waals surface area contributed by atoms with E-state index in [-0.39, 0.29) is 17.7 Å². The zero-order chi connectivity index (χ0) is 18.2. The number of amides is 2. The molecule has 1 heterocycles. The Bertz CT molecular complexity index is 431. The van der Waals surface area contributed by atoms with Gasteiger partial charge in [0.15, 0.2) is 0 Å². The van der Waals surface area contributed by atoms with Crippen LogP contribution in [0.2, 0.25) is 0 Å². The quantitative estimate of drug-likeness (QED) is 0.718. The third-order valence-electron chi connectivity index (χ3n) is 5.91. The van der Waals surface area contributed by atoms with Crippen molar-refractivity contribution in [1.29, 1.82) is 0 Å². The maximum Gasteiger partial charge on any atom is 0.225 e. The van der Waals surface area contributed by atoms with E-state index in [2.05, 4.69) is 22.0 Å². The minimum absolute atomic E-state index is 0.103. The average Bonchev–Trinajstić information content (AvgIpc) is 2.64. The molecule has 1 aliphatic carbocycles. The number of carbonyl (C=O) groups is 2. The molecule has 0 spiro atoms. The van der Waals surface area contributed by atoms with Gasteiger partial charge in [0.1, 0.15) is 0 Å². The van der Waals surface area contributed by atoms with E-state index in [0.29, 0.717) is 11.9 Å². The molecule has 2 aliphatic rings. The Labute approximate surface area is 153 Å². The Balaban J connectivity index is 1.73. The van der Waals surface area contributed by atoms with Gasteiger partial charge in [-0.2, -0.15) is 0 Å². The highest BCUT2D eigenvalue weighted by atomic mass is 16.2. The molecule has 5 heteroatoms. The molecule has 0 aromatic heterocycles. The van der Waals surface area contributed by atoms with Gasteiger partial charge < -0.3 is 15.1 Å². The second-order valence-electron chi connectivity index (χ2n) is 8.09. The molecule has 0 radical (unpaired) electrons. The van der Waals surface area contributed by atoms with Gasteiger partial charge >= 0.3 is 0 Å². The molecular weight excluding hydrogens is 314 g/mol. The predicted molar refractivity (Wildman–Crippen MR) is 101 cm³/mol. The van der Waals surface area contributed by atoms with E-state index in [4.69, 9.17) is 0 Å². The Hall–Kier alpha value is -1.10. The van der Waals surface area contributed by atoms with Crippen LogP contribution in [0.1, 0.15) is 64.7 Å². The lowest BCUT2D eigenvalue weighted by molar-refractivity contribution is -0.141. The third-order valence-corrected chi connectivity index (χ3v) is 5.91. The number of likely N-dealkylation sites (tertiary alicyclic amines) is 1. The van der Waals surface area contributed by atoms with Crippen molar-refractivity contribution in [2.24, 2.45) is 11.8 Å². The lowest BCUT2D eigenvalue weighted by Gasteiger charge is -2.39. The third kappa shape index (κ3) is 5.98. The first-order valence-corrected chi connectivity index (χ1v) is 10.3. The van der Waals surface area contributed by atoms with Gasteiger partial charge in [-0.25, -0.2) is 0 Å². The molecule has 5 nitrogen and oxygen atoms in total. The Morgan fingerprint density at radius 1 is 1.04 bits per heavy atom. The van der Waals surface area contributed by atoms with Crippen LogP contribution in [0.15, 0.2) is 0 Å². The summed E-state index contributed by atoms with van der Waals surface area (Å²) in [6.45, 7) is 4.87. The Kier molecular flexibility index (Phi) is 8.20. The van der Waals surface area contributed by atoms with Crippen molar-refractivity contribution in [1.82, 2.24) is 15.1 Å². The minimum atomic E-state index is 0.103. The van der Waals surface area contributed by atoms with Crippen molar-refractivity contribution in [2.45, 2.75) is 70.8 Å². The highest BCUT2D eigenvalue weighted by Crippen LogP contribution is 2.32. The van der Waals surface area contributed by atoms with Gasteiger partial charge in [-0.05, 0) is 78.4 Å². The molecule has 1 unspecified atom stereocenters. The molecule has 1 aliphatic heterocycles. The summed E-state index contributed by atoms with van der Waals surface area (Å²) in [6.07, 6.45) is 9.09. The highest BCUT2D eigenvalue weighted by Gasteiger charge is 2.34. The first-order chi connectivity index (χ1) is 12.0. The van der Waals surface area contributed by atoms with Crippen molar-refractivity contribution in [3.8, 4) is 0 Å². The molecule has 2 fully saturated rings. The van der Waals surface area contributed by atoms with Gasteiger partial charge in [0, 0.05) is 31.0 Å². The molecule has 1 saturated heterocycles. The normalized spacial score (nSPS) is 27.4. The van der Waals surface area contributed by atoms with Crippen LogP contribution < -0.4 is 5.32 Å². The van der Waals surface area contributed by atoms with E-state index >= 15 is 0 Å². The van der Waals surface area contributed by atoms with Crippen molar-refractivity contribution < 1.29 is 9.59 Å². The number of hydrogen-bond donors (Lipinski definition) is 1. The average molecular weight is 352 g/mol. The zero-order valence-electron chi connectivity index (χ0n) is 16.4. The zero-order valence-corrected chi connectivity index (χ0v) is 16.4. The summed E-state index contributed by atoms with van der Waals surface area (Å²) in [6, 6.07) is 0.443. The Morgan fingerprint density at radius 3 is 2.36 bits per heavy atom. The molecule has 25 heavy (non-hydrogen) atoms. The lowest BCUT2D eigenvalue weighted by Crippen LogP contribution is -2.47. The van der Waals surface area contributed by atoms with Gasteiger partial charge in [-0.15, -0.1) is 0 Å². The molecule has 0 bridgehead atoms. The standard InChI is InChI=1S/C20H37N3O2/c1-4-18-8-5-6-15-23(18)20(25)17-11-9-16(10-12-17)19(24)21-13-7-14-22(2)3/h16-18H,4-15H2,1-3H3,(H,21,24). The molecule has 144 valence electrons. The molecule has 2 rings (SSSR count). The van der Waals surface area contributed by atoms with Crippen molar-refractivity contribution in [3.63, 3.8) is 0 Å². The number of rotatable bonds is 7. The maximum atomic E-state index is 12.9. The summed E-state index contributed by atoms with van der Waals surface area (Å²) in [5.74, 6) is 0.794. The molecule has 2 amide bonds. The molecule has 1 atom stereocenters. The largest absolute Gasteiger partial charge is 0.356 e. The van der Waals surface area contributed by atoms with Gasteiger partial charge in [0.2, 0.25) is 11.8 Å². The fraction of sp³-hybridized carbons (Fsp3) is 0.900. The van der Waals surface area contributed by atoms with Crippen LogP contribution in [0.25, 0.3) is 0 Å². The number of hydrogen-bond acceptors (Lipinski definition) is 3. The smallest absolute Gasteiger partial charge is 0.225 e. The van der Waals surface area contributed by atoms with Crippen molar-refractivity contribution in [2.75, 3.05) is 33.7 Å². The summed E-state index contributed by atoms with van der Waals surface area (Å²) in [5, 5.41) is 3.07. The van der Waals surface area contributed by atoms with Crippen LogP contribution in [-0.2, 0) is 9.59 Å². The van der Waals surface area contributed by atoms with Crippen LogP contribution >= 0.6 is 0 Å². The van der Waals surface area contributed by atoms with Crippen molar-refractivity contribution >= 4 is 11.8 Å². The summed E-state index contributed by atoms with van der Waals surface area (Å²) >= 11 is 0. The Morgan fingerprint density at radius 2 is 1.72 bits per heavy atom. The first kappa shape index (κ1) is 20.2. The monoisotopic (exact) mass is 351 g/mol. The van der Waals surface area contributed by atoms with E-state index in [1.54, 1.807) is 0 Å². The second kappa shape index (κ2) is 10.1. The molecular formula is C20H37N3O2. The lowest BCUT2D eigenvalue weighted by atomic mass is 9.80. The topological polar surface area (TPSA) is 52.7 Å². The van der Waals surface area contributed by atoms with E-state index in [1.807, 2.05) is 14.1 Å².